The van der Waals surface area contributed by atoms with Crippen LogP contribution in [0.1, 0.15) is 26.3 Å². The zero-order valence-electron chi connectivity index (χ0n) is 12.6. The Morgan fingerprint density at radius 2 is 1.79 bits per heavy atom. The van der Waals surface area contributed by atoms with E-state index in [4.69, 9.17) is 4.43 Å². The predicted molar refractivity (Wildman–Crippen MR) is 83.6 cm³/mol. The van der Waals surface area contributed by atoms with E-state index in [2.05, 4.69) is 33.9 Å². The number of hydrogen-bond acceptors (Lipinski definition) is 2. The second-order valence-corrected chi connectivity index (χ2v) is 11.1. The van der Waals surface area contributed by atoms with Gasteiger partial charge in [-0.25, -0.2) is 0 Å². The number of carbonyl (C=O) groups excluding carboxylic acids is 1. The first-order chi connectivity index (χ1) is 8.76. The molecule has 104 valence electrons. The average Bonchev–Trinajstić information content (AvgIpc) is 2.34. The van der Waals surface area contributed by atoms with Gasteiger partial charge in [0.05, 0.1) is 6.61 Å². The largest absolute Gasteiger partial charge is 0.412 e. The molecule has 0 saturated heterocycles. The van der Waals surface area contributed by atoms with Crippen LogP contribution in [0.5, 0.6) is 0 Å². The summed E-state index contributed by atoms with van der Waals surface area (Å²) in [5, 5.41) is 0.160. The third kappa shape index (κ3) is 4.77. The zero-order valence-corrected chi connectivity index (χ0v) is 13.6. The fourth-order valence-corrected chi connectivity index (χ4v) is 2.31. The molecule has 0 aliphatic carbocycles. The van der Waals surface area contributed by atoms with Crippen LogP contribution in [0.2, 0.25) is 18.1 Å². The van der Waals surface area contributed by atoms with Crippen LogP contribution in [0.15, 0.2) is 35.9 Å². The molecule has 0 aliphatic rings. The molecule has 1 aromatic carbocycles. The molecule has 3 heteroatoms. The minimum absolute atomic E-state index is 0.160. The molecule has 2 nitrogen and oxygen atoms in total. The van der Waals surface area contributed by atoms with Crippen molar-refractivity contribution in [2.45, 2.75) is 38.9 Å². The van der Waals surface area contributed by atoms with Crippen LogP contribution in [0.25, 0.3) is 6.08 Å². The van der Waals surface area contributed by atoms with Gasteiger partial charge in [-0.3, -0.25) is 4.79 Å². The van der Waals surface area contributed by atoms with Crippen LogP contribution in [-0.4, -0.2) is 21.2 Å². The van der Waals surface area contributed by atoms with E-state index in [1.807, 2.05) is 36.4 Å². The van der Waals surface area contributed by atoms with Crippen LogP contribution in [0.3, 0.4) is 0 Å². The second kappa shape index (κ2) is 6.31. The molecule has 1 rings (SSSR count). The van der Waals surface area contributed by atoms with Crippen molar-refractivity contribution in [1.29, 1.82) is 0 Å². The van der Waals surface area contributed by atoms with E-state index in [-0.39, 0.29) is 5.04 Å². The molecular formula is C16H24O2Si. The van der Waals surface area contributed by atoms with Gasteiger partial charge in [-0.15, -0.1) is 0 Å². The molecule has 0 saturated carbocycles. The predicted octanol–water partition coefficient (Wildman–Crippen LogP) is 4.29. The van der Waals surface area contributed by atoms with Gasteiger partial charge in [-0.05, 0) is 29.8 Å². The van der Waals surface area contributed by atoms with E-state index in [1.165, 1.54) is 0 Å². The minimum Gasteiger partial charge on any atom is -0.412 e. The van der Waals surface area contributed by atoms with Crippen LogP contribution >= 0.6 is 0 Å². The van der Waals surface area contributed by atoms with Gasteiger partial charge >= 0.3 is 0 Å². The molecule has 0 N–H and O–H groups in total. The van der Waals surface area contributed by atoms with Crippen LogP contribution in [-0.2, 0) is 9.22 Å². The number of benzene rings is 1. The van der Waals surface area contributed by atoms with E-state index in [0.29, 0.717) is 12.2 Å². The topological polar surface area (TPSA) is 26.3 Å². The quantitative estimate of drug-likeness (QED) is 0.455. The third-order valence-electron chi connectivity index (χ3n) is 3.71. The molecule has 0 fully saturated rings. The summed E-state index contributed by atoms with van der Waals surface area (Å²) >= 11 is 0. The maximum absolute atomic E-state index is 11.1. The molecular weight excluding hydrogens is 252 g/mol. The standard InChI is InChI=1S/C16H24O2Si/c1-16(2,3)19(4,5)18-13-15(12-17)11-14-9-7-6-8-10-14/h6-12H,13H2,1-5H3/b15-11-. The Morgan fingerprint density at radius 1 is 1.21 bits per heavy atom. The third-order valence-corrected chi connectivity index (χ3v) is 8.19. The molecule has 0 atom stereocenters. The summed E-state index contributed by atoms with van der Waals surface area (Å²) in [4.78, 5) is 11.1. The van der Waals surface area contributed by atoms with E-state index in [1.54, 1.807) is 0 Å². The SMILES string of the molecule is CC(C)(C)[Si](C)(C)OC/C(C=O)=C\c1ccccc1. The first-order valence-corrected chi connectivity index (χ1v) is 9.52. The Labute approximate surface area is 117 Å². The lowest BCUT2D eigenvalue weighted by Crippen LogP contribution is -2.41. The first-order valence-electron chi connectivity index (χ1n) is 6.61. The maximum Gasteiger partial charge on any atom is 0.192 e. The summed E-state index contributed by atoms with van der Waals surface area (Å²) in [5.41, 5.74) is 1.72. The van der Waals surface area contributed by atoms with Crippen molar-refractivity contribution in [2.75, 3.05) is 6.61 Å². The monoisotopic (exact) mass is 276 g/mol. The highest BCUT2D eigenvalue weighted by atomic mass is 28.4. The molecule has 0 unspecified atom stereocenters. The van der Waals surface area contributed by atoms with Crippen molar-refractivity contribution in [3.63, 3.8) is 0 Å². The summed E-state index contributed by atoms with van der Waals surface area (Å²) in [6.45, 7) is 11.4. The van der Waals surface area contributed by atoms with Crippen molar-refractivity contribution < 1.29 is 9.22 Å². The fraction of sp³-hybridized carbons (Fsp3) is 0.438. The Hall–Kier alpha value is -1.19. The van der Waals surface area contributed by atoms with Crippen molar-refractivity contribution in [3.8, 4) is 0 Å². The van der Waals surface area contributed by atoms with Gasteiger partial charge in [0.25, 0.3) is 0 Å². The highest BCUT2D eigenvalue weighted by molar-refractivity contribution is 6.74. The molecule has 0 bridgehead atoms. The van der Waals surface area contributed by atoms with Gasteiger partial charge in [0.1, 0.15) is 6.29 Å². The highest BCUT2D eigenvalue weighted by Gasteiger charge is 2.37. The maximum atomic E-state index is 11.1. The highest BCUT2D eigenvalue weighted by Crippen LogP contribution is 2.36. The molecule has 1 aromatic rings. The van der Waals surface area contributed by atoms with Crippen LogP contribution in [0.4, 0.5) is 0 Å². The van der Waals surface area contributed by atoms with E-state index in [0.717, 1.165) is 11.8 Å². The van der Waals surface area contributed by atoms with Gasteiger partial charge in [-0.1, -0.05) is 51.1 Å². The number of rotatable bonds is 5. The summed E-state index contributed by atoms with van der Waals surface area (Å²) in [7, 11) is -1.80. The van der Waals surface area contributed by atoms with Gasteiger partial charge in [-0.2, -0.15) is 0 Å². The van der Waals surface area contributed by atoms with Crippen molar-refractivity contribution in [3.05, 3.63) is 41.5 Å². The molecule has 0 aromatic heterocycles. The van der Waals surface area contributed by atoms with E-state index in [9.17, 15) is 4.79 Å². The number of aldehydes is 1. The van der Waals surface area contributed by atoms with Crippen molar-refractivity contribution in [2.24, 2.45) is 0 Å². The fourth-order valence-electron chi connectivity index (χ4n) is 1.35. The Bertz CT molecular complexity index is 442. The molecule has 0 amide bonds. The average molecular weight is 276 g/mol. The lowest BCUT2D eigenvalue weighted by molar-refractivity contribution is -0.105. The van der Waals surface area contributed by atoms with Gasteiger partial charge in [0.2, 0.25) is 0 Å². The molecule has 0 radical (unpaired) electrons. The van der Waals surface area contributed by atoms with Crippen LogP contribution < -0.4 is 0 Å². The summed E-state index contributed by atoms with van der Waals surface area (Å²) in [6.07, 6.45) is 2.78. The lowest BCUT2D eigenvalue weighted by Gasteiger charge is -2.36. The van der Waals surface area contributed by atoms with E-state index >= 15 is 0 Å². The smallest absolute Gasteiger partial charge is 0.192 e. The Morgan fingerprint density at radius 3 is 2.26 bits per heavy atom. The Balaban J connectivity index is 2.75. The normalized spacial score (nSPS) is 13.4. The number of hydrogen-bond donors (Lipinski definition) is 0. The zero-order chi connectivity index (χ0) is 14.5. The van der Waals surface area contributed by atoms with Crippen molar-refractivity contribution in [1.82, 2.24) is 0 Å². The molecule has 0 heterocycles. The molecule has 0 aliphatic heterocycles. The Kier molecular flexibility index (Phi) is 5.26. The summed E-state index contributed by atoms with van der Waals surface area (Å²) in [6, 6.07) is 9.85. The van der Waals surface area contributed by atoms with Crippen molar-refractivity contribution >= 4 is 20.7 Å². The summed E-state index contributed by atoms with van der Waals surface area (Å²) in [5.74, 6) is 0. The summed E-state index contributed by atoms with van der Waals surface area (Å²) < 4.78 is 6.06. The van der Waals surface area contributed by atoms with Gasteiger partial charge in [0.15, 0.2) is 8.32 Å². The van der Waals surface area contributed by atoms with E-state index < -0.39 is 8.32 Å². The van der Waals surface area contributed by atoms with Gasteiger partial charge in [0, 0.05) is 5.57 Å². The minimum atomic E-state index is -1.80. The lowest BCUT2D eigenvalue weighted by atomic mass is 10.1. The van der Waals surface area contributed by atoms with Crippen LogP contribution in [0, 0.1) is 0 Å². The number of carbonyl (C=O) groups is 1. The van der Waals surface area contributed by atoms with Gasteiger partial charge < -0.3 is 4.43 Å². The molecule has 19 heavy (non-hydrogen) atoms. The second-order valence-electron chi connectivity index (χ2n) is 6.30. The molecule has 0 spiro atoms. The first kappa shape index (κ1) is 15.9.